The van der Waals surface area contributed by atoms with Crippen molar-refractivity contribution in [2.75, 3.05) is 39.0 Å². The van der Waals surface area contributed by atoms with Gasteiger partial charge in [0.05, 0.1) is 17.6 Å². The molecule has 3 atom stereocenters. The second kappa shape index (κ2) is 11.4. The molecule has 4 N–H and O–H groups in total. The van der Waals surface area contributed by atoms with Crippen molar-refractivity contribution in [2.24, 2.45) is 5.92 Å². The molecule has 166 valence electrons. The number of piperidine rings is 1. The van der Waals surface area contributed by atoms with Crippen LogP contribution >= 0.6 is 0 Å². The number of aliphatic hydroxyl groups is 2. The fraction of sp³-hybridized carbons (Fsp3) is 0.714. The fourth-order valence-electron chi connectivity index (χ4n) is 3.68. The average molecular weight is 428 g/mol. The maximum Gasteiger partial charge on any atom is 0.175 e. The van der Waals surface area contributed by atoms with E-state index in [0.717, 1.165) is 38.0 Å². The first-order valence-corrected chi connectivity index (χ1v) is 12.4. The smallest absolute Gasteiger partial charge is 0.175 e. The molecule has 1 aliphatic rings. The van der Waals surface area contributed by atoms with E-state index in [0.29, 0.717) is 23.9 Å². The lowest BCUT2D eigenvalue weighted by atomic mass is 10.0. The van der Waals surface area contributed by atoms with Crippen molar-refractivity contribution >= 4 is 9.84 Å². The molecule has 7 nitrogen and oxygen atoms in total. The summed E-state index contributed by atoms with van der Waals surface area (Å²) in [5.41, 5.74) is 1.03. The quantitative estimate of drug-likeness (QED) is 0.410. The van der Waals surface area contributed by atoms with E-state index in [4.69, 9.17) is 0 Å². The Morgan fingerprint density at radius 3 is 2.45 bits per heavy atom. The Hall–Kier alpha value is -1.03. The van der Waals surface area contributed by atoms with Crippen molar-refractivity contribution in [3.8, 4) is 0 Å². The van der Waals surface area contributed by atoms with Gasteiger partial charge in [0.1, 0.15) is 0 Å². The summed E-state index contributed by atoms with van der Waals surface area (Å²) in [5, 5.41) is 26.6. The minimum Gasteiger partial charge on any atom is -0.395 e. The summed E-state index contributed by atoms with van der Waals surface area (Å²) in [6.07, 6.45) is 2.76. The number of hydrogen-bond donors (Lipinski definition) is 4. The van der Waals surface area contributed by atoms with Crippen LogP contribution in [0.1, 0.15) is 32.3 Å². The van der Waals surface area contributed by atoms with E-state index in [9.17, 15) is 18.6 Å². The van der Waals surface area contributed by atoms with Crippen LogP contribution in [0.5, 0.6) is 0 Å². The number of rotatable bonds is 11. The molecule has 8 heteroatoms. The van der Waals surface area contributed by atoms with Gasteiger partial charge < -0.3 is 20.8 Å². The topological polar surface area (TPSA) is 102 Å². The maximum absolute atomic E-state index is 11.6. The Bertz CT molecular complexity index is 709. The van der Waals surface area contributed by atoms with E-state index < -0.39 is 9.84 Å². The number of aliphatic hydroxyl groups excluding tert-OH is 2. The molecule has 0 saturated carbocycles. The molecule has 0 amide bonds. The number of nitrogens with zero attached hydrogens (tertiary/aromatic N) is 1. The van der Waals surface area contributed by atoms with Crippen molar-refractivity contribution in [3.63, 3.8) is 0 Å². The summed E-state index contributed by atoms with van der Waals surface area (Å²) in [5.74, 6) is 0.342. The zero-order valence-corrected chi connectivity index (χ0v) is 18.7. The van der Waals surface area contributed by atoms with Gasteiger partial charge in [0.25, 0.3) is 0 Å². The predicted octanol–water partition coefficient (Wildman–Crippen LogP) is 0.612. The summed E-state index contributed by atoms with van der Waals surface area (Å²) in [4.78, 5) is 2.64. The maximum atomic E-state index is 11.6. The van der Waals surface area contributed by atoms with Crippen molar-refractivity contribution in [1.29, 1.82) is 0 Å². The van der Waals surface area contributed by atoms with Gasteiger partial charge >= 0.3 is 0 Å². The monoisotopic (exact) mass is 427 g/mol. The summed E-state index contributed by atoms with van der Waals surface area (Å²) in [6, 6.07) is 7.20. The molecule has 1 fully saturated rings. The third-order valence-corrected chi connectivity index (χ3v) is 6.75. The van der Waals surface area contributed by atoms with Gasteiger partial charge in [0.2, 0.25) is 0 Å². The largest absolute Gasteiger partial charge is 0.395 e. The molecule has 0 radical (unpaired) electrons. The predicted molar refractivity (Wildman–Crippen MR) is 116 cm³/mol. The molecule has 0 aromatic heterocycles. The van der Waals surface area contributed by atoms with Gasteiger partial charge in [-0.05, 0) is 43.0 Å². The average Bonchev–Trinajstić information content (AvgIpc) is 2.66. The normalized spacial score (nSPS) is 20.7. The van der Waals surface area contributed by atoms with E-state index in [1.165, 1.54) is 6.26 Å². The molecule has 29 heavy (non-hydrogen) atoms. The van der Waals surface area contributed by atoms with Crippen molar-refractivity contribution < 1.29 is 18.6 Å². The highest BCUT2D eigenvalue weighted by Gasteiger charge is 2.25. The molecule has 3 unspecified atom stereocenters. The summed E-state index contributed by atoms with van der Waals surface area (Å²) < 4.78 is 23.2. The van der Waals surface area contributed by atoms with Crippen molar-refractivity contribution in [2.45, 2.75) is 56.3 Å². The molecule has 0 spiro atoms. The first-order valence-electron chi connectivity index (χ1n) is 10.5. The van der Waals surface area contributed by atoms with Crippen LogP contribution in [0, 0.1) is 5.92 Å². The van der Waals surface area contributed by atoms with Gasteiger partial charge in [-0.3, -0.25) is 4.90 Å². The Morgan fingerprint density at radius 2 is 1.90 bits per heavy atom. The minimum atomic E-state index is -3.18. The Labute approximate surface area is 175 Å². The van der Waals surface area contributed by atoms with Crippen LogP contribution in [0.25, 0.3) is 0 Å². The number of β-amino-alcohol motifs (C(OH)–C–C–N with tert-alkyl or cyclic N) is 1. The van der Waals surface area contributed by atoms with E-state index in [2.05, 4.69) is 29.4 Å². The summed E-state index contributed by atoms with van der Waals surface area (Å²) in [7, 11) is -3.18. The lowest BCUT2D eigenvalue weighted by molar-refractivity contribution is 0.0440. The molecule has 2 rings (SSSR count). The lowest BCUT2D eigenvalue weighted by Crippen LogP contribution is -2.54. The first-order chi connectivity index (χ1) is 13.7. The molecule has 0 bridgehead atoms. The molecule has 1 aromatic carbocycles. The Morgan fingerprint density at radius 1 is 1.21 bits per heavy atom. The van der Waals surface area contributed by atoms with Crippen LogP contribution in [-0.2, 0) is 16.4 Å². The highest BCUT2D eigenvalue weighted by atomic mass is 32.2. The molecule has 0 aliphatic carbocycles. The third-order valence-electron chi connectivity index (χ3n) is 5.62. The van der Waals surface area contributed by atoms with E-state index >= 15 is 0 Å². The lowest BCUT2D eigenvalue weighted by Gasteiger charge is -2.38. The van der Waals surface area contributed by atoms with Gasteiger partial charge in [-0.1, -0.05) is 26.0 Å². The van der Waals surface area contributed by atoms with Crippen molar-refractivity contribution in [1.82, 2.24) is 15.5 Å². The van der Waals surface area contributed by atoms with E-state index in [1.54, 1.807) is 12.1 Å². The van der Waals surface area contributed by atoms with Gasteiger partial charge in [0, 0.05) is 44.5 Å². The third kappa shape index (κ3) is 7.96. The summed E-state index contributed by atoms with van der Waals surface area (Å²) in [6.45, 7) is 8.03. The highest BCUT2D eigenvalue weighted by molar-refractivity contribution is 7.90. The molecule has 1 saturated heterocycles. The molecular weight excluding hydrogens is 390 g/mol. The van der Waals surface area contributed by atoms with E-state index in [-0.39, 0.29) is 24.8 Å². The van der Waals surface area contributed by atoms with Gasteiger partial charge in [0.15, 0.2) is 9.84 Å². The first kappa shape index (κ1) is 24.2. The SMILES string of the molecule is CC(C)C(CO)NCC(CNCc1ccc(S(C)(=O)=O)cc1)N1CCCC(O)C1. The number of sulfone groups is 1. The van der Waals surface area contributed by atoms with Crippen LogP contribution in [0.3, 0.4) is 0 Å². The number of likely N-dealkylation sites (tertiary alicyclic amines) is 1. The zero-order valence-electron chi connectivity index (χ0n) is 17.8. The number of hydrogen-bond acceptors (Lipinski definition) is 7. The number of benzene rings is 1. The van der Waals surface area contributed by atoms with Crippen molar-refractivity contribution in [3.05, 3.63) is 29.8 Å². The van der Waals surface area contributed by atoms with Crippen LogP contribution in [0.2, 0.25) is 0 Å². The number of nitrogens with one attached hydrogen (secondary N) is 2. The standard InChI is InChI=1S/C21H37N3O4S/c1-16(2)21(15-25)23-13-18(24-10-4-5-19(26)14-24)12-22-11-17-6-8-20(9-7-17)29(3,27)28/h6-9,16,18-19,21-23,25-26H,4-5,10-15H2,1-3H3. The highest BCUT2D eigenvalue weighted by Crippen LogP contribution is 2.14. The van der Waals surface area contributed by atoms with Crippen LogP contribution in [0.4, 0.5) is 0 Å². The van der Waals surface area contributed by atoms with Crippen LogP contribution in [0.15, 0.2) is 29.2 Å². The van der Waals surface area contributed by atoms with Gasteiger partial charge in [-0.2, -0.15) is 0 Å². The second-order valence-electron chi connectivity index (χ2n) is 8.43. The van der Waals surface area contributed by atoms with E-state index in [1.807, 2.05) is 12.1 Å². The summed E-state index contributed by atoms with van der Waals surface area (Å²) >= 11 is 0. The van der Waals surface area contributed by atoms with Gasteiger partial charge in [-0.15, -0.1) is 0 Å². The minimum absolute atomic E-state index is 0.0516. The van der Waals surface area contributed by atoms with Crippen LogP contribution < -0.4 is 10.6 Å². The van der Waals surface area contributed by atoms with Gasteiger partial charge in [-0.25, -0.2) is 8.42 Å². The van der Waals surface area contributed by atoms with Crippen LogP contribution in [-0.4, -0.2) is 80.8 Å². The molecule has 1 aliphatic heterocycles. The molecular formula is C21H37N3O4S. The second-order valence-corrected chi connectivity index (χ2v) is 10.4. The Balaban J connectivity index is 1.93. The molecule has 1 heterocycles. The zero-order chi connectivity index (χ0) is 21.4. The Kier molecular flexibility index (Phi) is 9.52. The fourth-order valence-corrected chi connectivity index (χ4v) is 4.31. The molecule has 1 aromatic rings.